The lowest BCUT2D eigenvalue weighted by atomic mass is 9.99. The van der Waals surface area contributed by atoms with Gasteiger partial charge in [-0.1, -0.05) is 86.6 Å². The number of hydrogen-bond acceptors (Lipinski definition) is 6. The number of nitrogens with zero attached hydrogens (tertiary/aromatic N) is 1. The van der Waals surface area contributed by atoms with Crippen molar-refractivity contribution in [3.05, 3.63) is 83.9 Å². The van der Waals surface area contributed by atoms with Gasteiger partial charge in [0.2, 0.25) is 29.5 Å². The van der Waals surface area contributed by atoms with Crippen molar-refractivity contribution in [2.75, 3.05) is 13.1 Å². The third-order valence-corrected chi connectivity index (χ3v) is 9.05. The summed E-state index contributed by atoms with van der Waals surface area (Å²) in [7, 11) is 0. The van der Waals surface area contributed by atoms with Crippen molar-refractivity contribution < 1.29 is 24.0 Å². The molecular formula is C37H46N6O5. The van der Waals surface area contributed by atoms with E-state index in [1.165, 1.54) is 4.90 Å². The van der Waals surface area contributed by atoms with Crippen molar-refractivity contribution in [3.8, 4) is 0 Å². The molecule has 0 unspecified atom stereocenters. The molecule has 2 aliphatic rings. The summed E-state index contributed by atoms with van der Waals surface area (Å²) in [6, 6.07) is 18.5. The molecule has 2 aliphatic heterocycles. The Kier molecular flexibility index (Phi) is 11.4. The molecule has 5 atom stereocenters. The average molecular weight is 655 g/mol. The minimum Gasteiger partial charge on any atom is -0.354 e. The summed E-state index contributed by atoms with van der Waals surface area (Å²) in [5, 5.41) is 13.5. The van der Waals surface area contributed by atoms with Gasteiger partial charge in [-0.15, -0.1) is 0 Å². The summed E-state index contributed by atoms with van der Waals surface area (Å²) in [6.45, 7) is 4.30. The van der Waals surface area contributed by atoms with Gasteiger partial charge in [0.15, 0.2) is 0 Å². The van der Waals surface area contributed by atoms with Crippen LogP contribution >= 0.6 is 0 Å². The fraction of sp³-hybridized carbons (Fsp3) is 0.432. The molecule has 3 aromatic carbocycles. The normalized spacial score (nSPS) is 23.1. The zero-order valence-corrected chi connectivity index (χ0v) is 27.6. The Labute approximate surface area is 281 Å². The summed E-state index contributed by atoms with van der Waals surface area (Å²) in [4.78, 5) is 69.8. The molecule has 0 aliphatic carbocycles. The molecule has 2 heterocycles. The molecule has 254 valence electrons. The van der Waals surface area contributed by atoms with Gasteiger partial charge in [0.1, 0.15) is 24.2 Å². The van der Waals surface area contributed by atoms with Crippen LogP contribution in [0.5, 0.6) is 0 Å². The first kappa shape index (κ1) is 34.6. The number of nitrogens with one attached hydrogen (secondary N) is 4. The molecule has 48 heavy (non-hydrogen) atoms. The van der Waals surface area contributed by atoms with Crippen LogP contribution in [0, 0.1) is 5.92 Å². The maximum Gasteiger partial charge on any atom is 0.245 e. The molecule has 2 fully saturated rings. The molecule has 0 saturated carbocycles. The van der Waals surface area contributed by atoms with E-state index in [1.54, 1.807) is 0 Å². The van der Waals surface area contributed by atoms with Crippen LogP contribution in [0.15, 0.2) is 72.8 Å². The van der Waals surface area contributed by atoms with Crippen LogP contribution in [-0.4, -0.2) is 77.7 Å². The highest BCUT2D eigenvalue weighted by Crippen LogP contribution is 2.21. The van der Waals surface area contributed by atoms with Crippen molar-refractivity contribution in [2.45, 2.75) is 82.6 Å². The van der Waals surface area contributed by atoms with E-state index in [1.807, 2.05) is 86.6 Å². The molecule has 0 spiro atoms. The van der Waals surface area contributed by atoms with Gasteiger partial charge in [0.25, 0.3) is 0 Å². The zero-order valence-electron chi connectivity index (χ0n) is 27.6. The SMILES string of the molecule is CC(C)C[C@@H]1NC(=O)[C@H](Cc2ccc3ccccc3c2)NC(=O)[C@@H]2CCCN2C(=O)[C@@H](NC(=O)[C@@H](N)Cc2ccccc2)CCNC1=O. The molecule has 5 amide bonds. The van der Waals surface area contributed by atoms with Gasteiger partial charge < -0.3 is 31.9 Å². The Bertz CT molecular complexity index is 1630. The Morgan fingerprint density at radius 3 is 2.31 bits per heavy atom. The van der Waals surface area contributed by atoms with Crippen LogP contribution in [0.1, 0.15) is 50.7 Å². The molecule has 0 aromatic heterocycles. The van der Waals surface area contributed by atoms with Gasteiger partial charge in [-0.25, -0.2) is 0 Å². The van der Waals surface area contributed by atoms with E-state index in [9.17, 15) is 24.0 Å². The molecule has 0 radical (unpaired) electrons. The maximum atomic E-state index is 14.0. The summed E-state index contributed by atoms with van der Waals surface area (Å²) in [5.41, 5.74) is 7.98. The summed E-state index contributed by atoms with van der Waals surface area (Å²) in [6.07, 6.45) is 1.95. The van der Waals surface area contributed by atoms with E-state index in [2.05, 4.69) is 21.3 Å². The van der Waals surface area contributed by atoms with Crippen LogP contribution in [0.3, 0.4) is 0 Å². The first-order valence-electron chi connectivity index (χ1n) is 16.9. The highest BCUT2D eigenvalue weighted by Gasteiger charge is 2.40. The predicted molar refractivity (Wildman–Crippen MR) is 183 cm³/mol. The third kappa shape index (κ3) is 8.77. The van der Waals surface area contributed by atoms with E-state index in [4.69, 9.17) is 5.73 Å². The first-order valence-corrected chi connectivity index (χ1v) is 16.9. The molecule has 3 aromatic rings. The predicted octanol–water partition coefficient (Wildman–Crippen LogP) is 1.96. The quantitative estimate of drug-likeness (QED) is 0.250. The van der Waals surface area contributed by atoms with Crippen LogP contribution < -0.4 is 27.0 Å². The Hall–Kier alpha value is -4.77. The largest absolute Gasteiger partial charge is 0.354 e. The summed E-state index contributed by atoms with van der Waals surface area (Å²) >= 11 is 0. The summed E-state index contributed by atoms with van der Waals surface area (Å²) in [5.74, 6) is -2.15. The molecule has 5 rings (SSSR count). The fourth-order valence-electron chi connectivity index (χ4n) is 6.52. The standard InChI is InChI=1S/C37H46N6O5/c1-23(2)19-30-34(45)39-17-16-29(40-33(44)28(38)21-24-9-4-3-5-10-24)37(48)43-18-8-13-32(43)36(47)42-31(35(46)41-30)22-25-14-15-26-11-6-7-12-27(26)20-25/h3-7,9-12,14-15,20,23,28-32H,8,13,16-19,21-22,38H2,1-2H3,(H,39,45)(H,40,44)(H,41,46)(H,42,47)/t28-,29-,30-,31-,32-/m0/s1. The number of amides is 5. The van der Waals surface area contributed by atoms with E-state index in [0.29, 0.717) is 25.8 Å². The van der Waals surface area contributed by atoms with Crippen LogP contribution in [0.4, 0.5) is 0 Å². The molecule has 2 saturated heterocycles. The second kappa shape index (κ2) is 15.9. The van der Waals surface area contributed by atoms with E-state index in [-0.39, 0.29) is 31.7 Å². The monoisotopic (exact) mass is 654 g/mol. The fourth-order valence-corrected chi connectivity index (χ4v) is 6.52. The number of fused-ring (bicyclic) bond motifs is 2. The van der Waals surface area contributed by atoms with Crippen LogP contribution in [-0.2, 0) is 36.8 Å². The van der Waals surface area contributed by atoms with Crippen molar-refractivity contribution in [2.24, 2.45) is 11.7 Å². The maximum absolute atomic E-state index is 14.0. The molecule has 0 bridgehead atoms. The Morgan fingerprint density at radius 1 is 0.854 bits per heavy atom. The van der Waals surface area contributed by atoms with Gasteiger partial charge in [-0.05, 0) is 59.9 Å². The van der Waals surface area contributed by atoms with Crippen LogP contribution in [0.2, 0.25) is 0 Å². The van der Waals surface area contributed by atoms with Crippen LogP contribution in [0.25, 0.3) is 10.8 Å². The molecule has 11 heteroatoms. The van der Waals surface area contributed by atoms with E-state index >= 15 is 0 Å². The minimum atomic E-state index is -1.01. The van der Waals surface area contributed by atoms with Crippen molar-refractivity contribution in [1.29, 1.82) is 0 Å². The van der Waals surface area contributed by atoms with Crippen molar-refractivity contribution in [3.63, 3.8) is 0 Å². The van der Waals surface area contributed by atoms with Gasteiger partial charge in [-0.2, -0.15) is 0 Å². The Morgan fingerprint density at radius 2 is 1.56 bits per heavy atom. The number of carbonyl (C=O) groups excluding carboxylic acids is 5. The number of nitrogens with two attached hydrogens (primary N) is 1. The molecule has 6 N–H and O–H groups in total. The lowest BCUT2D eigenvalue weighted by molar-refractivity contribution is -0.142. The second-order valence-electron chi connectivity index (χ2n) is 13.3. The lowest BCUT2D eigenvalue weighted by Crippen LogP contribution is -2.60. The zero-order chi connectivity index (χ0) is 34.2. The van der Waals surface area contributed by atoms with E-state index < -0.39 is 59.7 Å². The van der Waals surface area contributed by atoms with Gasteiger partial charge in [0, 0.05) is 19.5 Å². The number of benzene rings is 3. The Balaban J connectivity index is 1.40. The second-order valence-corrected chi connectivity index (χ2v) is 13.3. The number of carbonyl (C=O) groups is 5. The smallest absolute Gasteiger partial charge is 0.245 e. The topological polar surface area (TPSA) is 163 Å². The van der Waals surface area contributed by atoms with Crippen molar-refractivity contribution >= 4 is 40.3 Å². The third-order valence-electron chi connectivity index (χ3n) is 9.05. The number of hydrogen-bond donors (Lipinski definition) is 5. The number of rotatable bonds is 8. The van der Waals surface area contributed by atoms with E-state index in [0.717, 1.165) is 21.9 Å². The van der Waals surface area contributed by atoms with Gasteiger partial charge in [-0.3, -0.25) is 24.0 Å². The molecule has 11 nitrogen and oxygen atoms in total. The van der Waals surface area contributed by atoms with Crippen molar-refractivity contribution in [1.82, 2.24) is 26.2 Å². The van der Waals surface area contributed by atoms with Gasteiger partial charge >= 0.3 is 0 Å². The molecular weight excluding hydrogens is 608 g/mol. The summed E-state index contributed by atoms with van der Waals surface area (Å²) < 4.78 is 0. The minimum absolute atomic E-state index is 0.0686. The highest BCUT2D eigenvalue weighted by molar-refractivity contribution is 5.96. The average Bonchev–Trinajstić information content (AvgIpc) is 3.57. The highest BCUT2D eigenvalue weighted by atomic mass is 16.2. The lowest BCUT2D eigenvalue weighted by Gasteiger charge is -2.31. The van der Waals surface area contributed by atoms with Gasteiger partial charge in [0.05, 0.1) is 6.04 Å². The first-order chi connectivity index (χ1) is 23.1.